The first-order valence-corrected chi connectivity index (χ1v) is 23.8. The molecule has 10 amide bonds. The zero-order valence-corrected chi connectivity index (χ0v) is 38.2. The number of nitrogens with zero attached hydrogens (tertiary/aromatic N) is 1. The molecule has 3 aliphatic rings. The van der Waals surface area contributed by atoms with Crippen LogP contribution in [0.1, 0.15) is 109 Å². The van der Waals surface area contributed by atoms with Crippen LogP contribution in [0.15, 0.2) is 12.5 Å². The Morgan fingerprint density at radius 1 is 0.831 bits per heavy atom. The molecule has 0 aromatic carbocycles. The molecule has 1 aromatic rings. The second kappa shape index (κ2) is 27.1. The number of aromatic nitrogens is 2. The Morgan fingerprint density at radius 3 is 2.26 bits per heavy atom. The highest BCUT2D eigenvalue weighted by Crippen LogP contribution is 2.33. The normalized spacial score (nSPS) is 19.7. The lowest BCUT2D eigenvalue weighted by atomic mass is 9.89. The van der Waals surface area contributed by atoms with E-state index in [0.29, 0.717) is 43.2 Å². The standard InChI is InChI=1S/C42H68N12O10S/c1-24(2)15-29(50-39(60)26(17-34(56)54-64)16-25-9-3-4-10-25)41(62)51-30(18-27-19-44-23-48-27)40(61)47-20-35(57)46-21-36(58)49-28(38(43)59)11-7-8-14-45-33(55)13-6-5-12-32-37-31(22-65-32)52-42(63)53-37/h19,23-26,28-32,37,64H,3-18,20-22H2,1-2H3,(H2,43,59)(H,44,48)(H,45,55)(H,46,57)(H,47,61)(H,49,58)(H,50,60)(H,51,62)(H,54,56)(H2,52,53,63)/t26?,28-,29-,30-,31-,32-,37-/m0/s1. The zero-order chi connectivity index (χ0) is 47.3. The van der Waals surface area contributed by atoms with Gasteiger partial charge in [-0.05, 0) is 56.8 Å². The number of H-pyrrole nitrogens is 1. The molecule has 1 saturated carbocycles. The third-order valence-corrected chi connectivity index (χ3v) is 13.4. The largest absolute Gasteiger partial charge is 0.368 e. The van der Waals surface area contributed by atoms with E-state index in [-0.39, 0.29) is 61.5 Å². The van der Waals surface area contributed by atoms with Crippen molar-refractivity contribution < 1.29 is 48.4 Å². The summed E-state index contributed by atoms with van der Waals surface area (Å²) in [6.45, 7) is 3.02. The summed E-state index contributed by atoms with van der Waals surface area (Å²) in [5, 5.41) is 31.0. The summed E-state index contributed by atoms with van der Waals surface area (Å²) in [6, 6.07) is -3.13. The van der Waals surface area contributed by atoms with Crippen LogP contribution < -0.4 is 53.7 Å². The molecule has 1 unspecified atom stereocenters. The fourth-order valence-electron chi connectivity index (χ4n) is 8.42. The van der Waals surface area contributed by atoms with Crippen molar-refractivity contribution >= 4 is 65.1 Å². The van der Waals surface area contributed by atoms with Crippen LogP contribution in [0.5, 0.6) is 0 Å². The quantitative estimate of drug-likeness (QED) is 0.0205. The lowest BCUT2D eigenvalue weighted by Crippen LogP contribution is -2.56. The van der Waals surface area contributed by atoms with E-state index in [9.17, 15) is 43.2 Å². The number of imidazole rings is 1. The van der Waals surface area contributed by atoms with E-state index < -0.39 is 78.5 Å². The fourth-order valence-corrected chi connectivity index (χ4v) is 9.96. The third kappa shape index (κ3) is 18.5. The number of carbonyl (C=O) groups is 9. The predicted molar refractivity (Wildman–Crippen MR) is 238 cm³/mol. The van der Waals surface area contributed by atoms with Gasteiger partial charge in [-0.3, -0.25) is 43.6 Å². The van der Waals surface area contributed by atoms with Gasteiger partial charge in [0.25, 0.3) is 0 Å². The van der Waals surface area contributed by atoms with Crippen LogP contribution in [0.25, 0.3) is 0 Å². The summed E-state index contributed by atoms with van der Waals surface area (Å²) in [4.78, 5) is 121. The maximum absolute atomic E-state index is 13.8. The lowest BCUT2D eigenvalue weighted by Gasteiger charge is -2.26. The molecule has 0 radical (unpaired) electrons. The minimum Gasteiger partial charge on any atom is -0.368 e. The lowest BCUT2D eigenvalue weighted by molar-refractivity contribution is -0.137. The zero-order valence-electron chi connectivity index (χ0n) is 37.3. The predicted octanol–water partition coefficient (Wildman–Crippen LogP) is -0.725. The van der Waals surface area contributed by atoms with Gasteiger partial charge in [0, 0.05) is 54.6 Å². The second-order valence-electron chi connectivity index (χ2n) is 17.6. The van der Waals surface area contributed by atoms with E-state index in [0.717, 1.165) is 50.7 Å². The van der Waals surface area contributed by atoms with Gasteiger partial charge < -0.3 is 53.3 Å². The minimum absolute atomic E-state index is 0.0473. The Balaban J connectivity index is 1.17. The van der Waals surface area contributed by atoms with Crippen molar-refractivity contribution in [3.05, 3.63) is 18.2 Å². The Morgan fingerprint density at radius 2 is 1.57 bits per heavy atom. The molecule has 13 N–H and O–H groups in total. The number of hydrogen-bond donors (Lipinski definition) is 12. The molecule has 0 bridgehead atoms. The van der Waals surface area contributed by atoms with Crippen molar-refractivity contribution in [1.29, 1.82) is 0 Å². The summed E-state index contributed by atoms with van der Waals surface area (Å²) < 4.78 is 0. The van der Waals surface area contributed by atoms with Crippen molar-refractivity contribution in [2.45, 2.75) is 146 Å². The average molecular weight is 933 g/mol. The van der Waals surface area contributed by atoms with E-state index in [1.807, 2.05) is 25.6 Å². The average Bonchev–Trinajstić information content (AvgIpc) is 4.10. The van der Waals surface area contributed by atoms with Crippen molar-refractivity contribution in [3.63, 3.8) is 0 Å². The Labute approximate surface area is 383 Å². The second-order valence-corrected chi connectivity index (χ2v) is 18.9. The summed E-state index contributed by atoms with van der Waals surface area (Å²) in [7, 11) is 0. The topological polar surface area (TPSA) is 337 Å². The number of carbonyl (C=O) groups excluding carboxylic acids is 9. The molecule has 2 aliphatic heterocycles. The van der Waals surface area contributed by atoms with E-state index in [1.165, 1.54) is 12.5 Å². The number of aromatic amines is 1. The van der Waals surface area contributed by atoms with Crippen LogP contribution in [-0.2, 0) is 44.8 Å². The molecule has 0 spiro atoms. The van der Waals surface area contributed by atoms with E-state index in [2.05, 4.69) is 52.5 Å². The van der Waals surface area contributed by atoms with Gasteiger partial charge in [0.05, 0.1) is 31.5 Å². The van der Waals surface area contributed by atoms with Gasteiger partial charge in [0.15, 0.2) is 0 Å². The molecule has 2 saturated heterocycles. The molecule has 3 fully saturated rings. The number of hydroxylamine groups is 1. The maximum Gasteiger partial charge on any atom is 0.315 e. The van der Waals surface area contributed by atoms with Crippen LogP contribution in [0, 0.1) is 17.8 Å². The van der Waals surface area contributed by atoms with Gasteiger partial charge in [0.1, 0.15) is 18.1 Å². The van der Waals surface area contributed by atoms with Gasteiger partial charge in [-0.1, -0.05) is 46.0 Å². The number of unbranched alkanes of at least 4 members (excludes halogenated alkanes) is 2. The number of hydrogen-bond acceptors (Lipinski definition) is 12. The van der Waals surface area contributed by atoms with Crippen LogP contribution >= 0.6 is 11.8 Å². The van der Waals surface area contributed by atoms with Crippen LogP contribution in [0.3, 0.4) is 0 Å². The van der Waals surface area contributed by atoms with Crippen molar-refractivity contribution in [1.82, 2.24) is 58.0 Å². The van der Waals surface area contributed by atoms with Gasteiger partial charge in [-0.15, -0.1) is 0 Å². The van der Waals surface area contributed by atoms with E-state index in [1.54, 1.807) is 5.48 Å². The van der Waals surface area contributed by atoms with Crippen LogP contribution in [0.2, 0.25) is 0 Å². The smallest absolute Gasteiger partial charge is 0.315 e. The van der Waals surface area contributed by atoms with Crippen molar-refractivity contribution in [3.8, 4) is 0 Å². The monoisotopic (exact) mass is 932 g/mol. The maximum atomic E-state index is 13.8. The molecule has 65 heavy (non-hydrogen) atoms. The highest BCUT2D eigenvalue weighted by molar-refractivity contribution is 8.00. The summed E-state index contributed by atoms with van der Waals surface area (Å²) >= 11 is 1.84. The third-order valence-electron chi connectivity index (χ3n) is 11.8. The SMILES string of the molecule is CC(C)C[C@H](NC(=O)C(CC(=O)NO)CC1CCCC1)C(=O)N[C@@H](Cc1cnc[nH]1)C(=O)NCC(=O)NCC(=O)N[C@@H](CCCCNC(=O)CCCC[C@@H]1SC[C@@H]2NC(=O)N[C@@H]21)C(N)=O. The molecule has 23 heteroatoms. The highest BCUT2D eigenvalue weighted by atomic mass is 32.2. The number of urea groups is 1. The van der Waals surface area contributed by atoms with Gasteiger partial charge in [-0.25, -0.2) is 15.3 Å². The first-order chi connectivity index (χ1) is 31.1. The minimum atomic E-state index is -1.22. The Hall–Kier alpha value is -5.45. The summed E-state index contributed by atoms with van der Waals surface area (Å²) in [5.41, 5.74) is 7.59. The fraction of sp³-hybridized carbons (Fsp3) is 0.714. The molecular formula is C42H68N12O10S. The highest BCUT2D eigenvalue weighted by Gasteiger charge is 2.42. The molecule has 22 nitrogen and oxygen atoms in total. The van der Waals surface area contributed by atoms with E-state index in [4.69, 9.17) is 10.9 Å². The van der Waals surface area contributed by atoms with Crippen molar-refractivity contribution in [2.24, 2.45) is 23.5 Å². The first-order valence-electron chi connectivity index (χ1n) is 22.7. The molecule has 7 atom stereocenters. The number of amides is 10. The molecule has 4 rings (SSSR count). The van der Waals surface area contributed by atoms with Crippen molar-refractivity contribution in [2.75, 3.05) is 25.4 Å². The molecular weight excluding hydrogens is 865 g/mol. The molecule has 1 aromatic heterocycles. The van der Waals surface area contributed by atoms with Gasteiger partial charge in [-0.2, -0.15) is 11.8 Å². The van der Waals surface area contributed by atoms with Gasteiger partial charge in [0.2, 0.25) is 47.3 Å². The van der Waals surface area contributed by atoms with Crippen LogP contribution in [0.4, 0.5) is 4.79 Å². The molecule has 3 heterocycles. The first kappa shape index (κ1) is 52.2. The summed E-state index contributed by atoms with van der Waals surface area (Å²) in [5.74, 6) is -4.62. The molecule has 1 aliphatic carbocycles. The number of thioether (sulfide) groups is 1. The Bertz CT molecular complexity index is 1780. The number of primary amides is 1. The molecule has 362 valence electrons. The number of nitrogens with one attached hydrogen (secondary N) is 10. The Kier molecular flexibility index (Phi) is 21.8. The number of rotatable bonds is 29. The van der Waals surface area contributed by atoms with Gasteiger partial charge >= 0.3 is 6.03 Å². The van der Waals surface area contributed by atoms with E-state index >= 15 is 0 Å². The van der Waals surface area contributed by atoms with Crippen LogP contribution in [-0.4, -0.2) is 129 Å². The summed E-state index contributed by atoms with van der Waals surface area (Å²) in [6.07, 6.45) is 11.2. The number of nitrogens with two attached hydrogens (primary N) is 1. The number of fused-ring (bicyclic) bond motifs is 1.